The summed E-state index contributed by atoms with van der Waals surface area (Å²) in [4.78, 5) is 26.4. The van der Waals surface area contributed by atoms with Gasteiger partial charge in [0.1, 0.15) is 18.5 Å². The highest BCUT2D eigenvalue weighted by Crippen LogP contribution is 2.27. The molecule has 8 heteroatoms. The van der Waals surface area contributed by atoms with Crippen molar-refractivity contribution in [2.24, 2.45) is 0 Å². The molecular formula is C26H22FN3O4. The molecule has 0 unspecified atom stereocenters. The Kier molecular flexibility index (Phi) is 6.97. The number of aliphatic hydroxyl groups is 1. The molecule has 7 nitrogen and oxygen atoms in total. The second-order valence-corrected chi connectivity index (χ2v) is 7.91. The summed E-state index contributed by atoms with van der Waals surface area (Å²) < 4.78 is 19.5. The molecular weight excluding hydrogens is 437 g/mol. The number of hydrogen-bond donors (Lipinski definition) is 2. The van der Waals surface area contributed by atoms with Crippen LogP contribution in [0.15, 0.2) is 72.8 Å². The van der Waals surface area contributed by atoms with Gasteiger partial charge < -0.3 is 20.1 Å². The monoisotopic (exact) mass is 459 g/mol. The van der Waals surface area contributed by atoms with Gasteiger partial charge in [-0.1, -0.05) is 36.4 Å². The highest BCUT2D eigenvalue weighted by molar-refractivity contribution is 6.04. The van der Waals surface area contributed by atoms with Crippen LogP contribution < -0.4 is 5.32 Å². The molecule has 0 aromatic heterocycles. The molecule has 1 saturated heterocycles. The first-order valence-corrected chi connectivity index (χ1v) is 10.7. The van der Waals surface area contributed by atoms with Crippen LogP contribution in [0.1, 0.15) is 33.2 Å². The molecule has 2 amide bonds. The minimum atomic E-state index is -1.08. The summed E-state index contributed by atoms with van der Waals surface area (Å²) in [6, 6.07) is 20.4. The van der Waals surface area contributed by atoms with E-state index in [2.05, 4.69) is 5.32 Å². The third kappa shape index (κ3) is 5.12. The molecule has 1 fully saturated rings. The van der Waals surface area contributed by atoms with E-state index in [9.17, 15) is 19.1 Å². The van der Waals surface area contributed by atoms with Crippen LogP contribution in [0.4, 0.5) is 10.1 Å². The Balaban J connectivity index is 1.47. The maximum absolute atomic E-state index is 14.2. The number of nitrogens with zero attached hydrogens (tertiary/aromatic N) is 2. The number of hydrogen-bond acceptors (Lipinski definition) is 5. The third-order valence-corrected chi connectivity index (χ3v) is 5.66. The summed E-state index contributed by atoms with van der Waals surface area (Å²) in [5.41, 5.74) is 2.11. The van der Waals surface area contributed by atoms with E-state index >= 15 is 0 Å². The second kappa shape index (κ2) is 10.3. The molecule has 0 spiro atoms. The molecule has 1 aliphatic heterocycles. The van der Waals surface area contributed by atoms with Gasteiger partial charge in [-0.05, 0) is 42.0 Å². The van der Waals surface area contributed by atoms with E-state index < -0.39 is 18.0 Å². The van der Waals surface area contributed by atoms with Gasteiger partial charge in [-0.3, -0.25) is 9.59 Å². The van der Waals surface area contributed by atoms with Crippen molar-refractivity contribution in [3.8, 4) is 6.07 Å². The Morgan fingerprint density at radius 1 is 1.18 bits per heavy atom. The summed E-state index contributed by atoms with van der Waals surface area (Å²) in [7, 11) is 0. The maximum atomic E-state index is 14.2. The lowest BCUT2D eigenvalue weighted by Crippen LogP contribution is -2.51. The molecule has 2 N–H and O–H groups in total. The van der Waals surface area contributed by atoms with Crippen molar-refractivity contribution < 1.29 is 23.8 Å². The fourth-order valence-corrected chi connectivity index (χ4v) is 3.82. The SMILES string of the molecule is N#Cc1cccc(C(=O)Nc2ccc([C@@H](O)[C@H]3COCC(=O)N3Cc3ccccc3F)cc2)c1. The van der Waals surface area contributed by atoms with Gasteiger partial charge in [0.25, 0.3) is 5.91 Å². The number of halogens is 1. The zero-order valence-corrected chi connectivity index (χ0v) is 18.1. The molecule has 1 aliphatic rings. The Hall–Kier alpha value is -4.06. The minimum absolute atomic E-state index is 0.0203. The van der Waals surface area contributed by atoms with Gasteiger partial charge in [-0.15, -0.1) is 0 Å². The zero-order valence-electron chi connectivity index (χ0n) is 18.1. The van der Waals surface area contributed by atoms with Crippen LogP contribution in [0.3, 0.4) is 0 Å². The molecule has 1 heterocycles. The van der Waals surface area contributed by atoms with Crippen LogP contribution in [0.25, 0.3) is 0 Å². The molecule has 34 heavy (non-hydrogen) atoms. The number of ether oxygens (including phenoxy) is 1. The number of carbonyl (C=O) groups is 2. The van der Waals surface area contributed by atoms with Gasteiger partial charge in [0.2, 0.25) is 5.91 Å². The number of nitrogens with one attached hydrogen (secondary N) is 1. The molecule has 3 aromatic rings. The number of nitriles is 1. The molecule has 0 radical (unpaired) electrons. The second-order valence-electron chi connectivity index (χ2n) is 7.91. The average Bonchev–Trinajstić information content (AvgIpc) is 2.86. The topological polar surface area (TPSA) is 103 Å². The number of carbonyl (C=O) groups excluding carboxylic acids is 2. The summed E-state index contributed by atoms with van der Waals surface area (Å²) in [5.74, 6) is -1.12. The van der Waals surface area contributed by atoms with Gasteiger partial charge in [0.05, 0.1) is 24.3 Å². The van der Waals surface area contributed by atoms with E-state index in [4.69, 9.17) is 10.00 Å². The summed E-state index contributed by atoms with van der Waals surface area (Å²) >= 11 is 0. The van der Waals surface area contributed by atoms with E-state index in [1.807, 2.05) is 6.07 Å². The van der Waals surface area contributed by atoms with Gasteiger partial charge >= 0.3 is 0 Å². The predicted octanol–water partition coefficient (Wildman–Crippen LogP) is 3.41. The lowest BCUT2D eigenvalue weighted by atomic mass is 9.99. The first-order valence-electron chi connectivity index (χ1n) is 10.7. The third-order valence-electron chi connectivity index (χ3n) is 5.66. The van der Waals surface area contributed by atoms with Crippen molar-refractivity contribution >= 4 is 17.5 Å². The van der Waals surface area contributed by atoms with Crippen molar-refractivity contribution in [2.45, 2.75) is 18.7 Å². The maximum Gasteiger partial charge on any atom is 0.255 e. The summed E-state index contributed by atoms with van der Waals surface area (Å²) in [6.45, 7) is -0.00276. The van der Waals surface area contributed by atoms with Crippen LogP contribution in [0.2, 0.25) is 0 Å². The molecule has 172 valence electrons. The Bertz CT molecular complexity index is 1240. The smallest absolute Gasteiger partial charge is 0.255 e. The minimum Gasteiger partial charge on any atom is -0.386 e. The first-order chi connectivity index (χ1) is 16.5. The fourth-order valence-electron chi connectivity index (χ4n) is 3.82. The lowest BCUT2D eigenvalue weighted by molar-refractivity contribution is -0.155. The Morgan fingerprint density at radius 3 is 2.68 bits per heavy atom. The molecule has 3 aromatic carbocycles. The standard InChI is InChI=1S/C26H22FN3O4/c27-22-7-2-1-5-20(22)14-30-23(15-34-16-24(30)31)25(32)18-8-10-21(11-9-18)29-26(33)19-6-3-4-17(12-19)13-28/h1-12,23,25,32H,14-16H2,(H,29,33)/t23-,25-/m1/s1. The Labute approximate surface area is 196 Å². The summed E-state index contributed by atoms with van der Waals surface area (Å²) in [6.07, 6.45) is -1.08. The van der Waals surface area contributed by atoms with Crippen LogP contribution in [0.5, 0.6) is 0 Å². The van der Waals surface area contributed by atoms with Gasteiger partial charge in [0.15, 0.2) is 0 Å². The van der Waals surface area contributed by atoms with Crippen molar-refractivity contribution in [1.82, 2.24) is 4.90 Å². The van der Waals surface area contributed by atoms with Gasteiger partial charge in [-0.25, -0.2) is 4.39 Å². The number of benzene rings is 3. The quantitative estimate of drug-likeness (QED) is 0.588. The largest absolute Gasteiger partial charge is 0.386 e. The van der Waals surface area contributed by atoms with Crippen LogP contribution in [-0.2, 0) is 16.1 Å². The number of morpholine rings is 1. The van der Waals surface area contributed by atoms with Crippen molar-refractivity contribution in [3.05, 3.63) is 101 Å². The normalized spacial score (nSPS) is 16.6. The number of aliphatic hydroxyl groups excluding tert-OH is 1. The highest BCUT2D eigenvalue weighted by atomic mass is 19.1. The molecule has 4 rings (SSSR count). The van der Waals surface area contributed by atoms with E-state index in [-0.39, 0.29) is 31.6 Å². The van der Waals surface area contributed by atoms with E-state index in [0.717, 1.165) is 0 Å². The zero-order chi connectivity index (χ0) is 24.1. The molecule has 0 bridgehead atoms. The van der Waals surface area contributed by atoms with Gasteiger partial charge in [0, 0.05) is 23.4 Å². The van der Waals surface area contributed by atoms with Crippen LogP contribution in [-0.4, -0.2) is 41.1 Å². The fraction of sp³-hybridized carbons (Fsp3) is 0.192. The molecule has 2 atom stereocenters. The Morgan fingerprint density at radius 2 is 1.94 bits per heavy atom. The highest BCUT2D eigenvalue weighted by Gasteiger charge is 2.35. The van der Waals surface area contributed by atoms with Crippen molar-refractivity contribution in [2.75, 3.05) is 18.5 Å². The van der Waals surface area contributed by atoms with Crippen LogP contribution in [0, 0.1) is 17.1 Å². The first kappa shape index (κ1) is 23.1. The predicted molar refractivity (Wildman–Crippen MR) is 122 cm³/mol. The number of rotatable bonds is 6. The number of amides is 2. The van der Waals surface area contributed by atoms with Crippen molar-refractivity contribution in [1.29, 1.82) is 5.26 Å². The van der Waals surface area contributed by atoms with Gasteiger partial charge in [-0.2, -0.15) is 5.26 Å². The summed E-state index contributed by atoms with van der Waals surface area (Å²) in [5, 5.41) is 22.8. The van der Waals surface area contributed by atoms with E-state index in [1.165, 1.54) is 17.0 Å². The number of anilines is 1. The van der Waals surface area contributed by atoms with E-state index in [0.29, 0.717) is 27.9 Å². The van der Waals surface area contributed by atoms with Crippen molar-refractivity contribution in [3.63, 3.8) is 0 Å². The van der Waals surface area contributed by atoms with Crippen LogP contribution >= 0.6 is 0 Å². The lowest BCUT2D eigenvalue weighted by Gasteiger charge is -2.38. The molecule has 0 aliphatic carbocycles. The average molecular weight is 459 g/mol. The van der Waals surface area contributed by atoms with E-state index in [1.54, 1.807) is 60.7 Å². The molecule has 0 saturated carbocycles.